The third kappa shape index (κ3) is 4.23. The van der Waals surface area contributed by atoms with E-state index in [0.717, 1.165) is 12.1 Å². The maximum Gasteiger partial charge on any atom is 0.573 e. The van der Waals surface area contributed by atoms with Crippen molar-refractivity contribution < 1.29 is 22.7 Å². The van der Waals surface area contributed by atoms with Crippen LogP contribution in [0.3, 0.4) is 0 Å². The zero-order valence-electron chi connectivity index (χ0n) is 11.0. The predicted octanol–water partition coefficient (Wildman–Crippen LogP) is 2.58. The van der Waals surface area contributed by atoms with Crippen LogP contribution in [0.25, 0.3) is 0 Å². The Morgan fingerprint density at radius 1 is 1.33 bits per heavy atom. The van der Waals surface area contributed by atoms with Crippen molar-refractivity contribution in [2.75, 3.05) is 7.05 Å². The van der Waals surface area contributed by atoms with E-state index in [1.165, 1.54) is 17.0 Å². The molecule has 0 aliphatic rings. The molecule has 1 heterocycles. The number of ether oxygens (including phenoxy) is 1. The van der Waals surface area contributed by atoms with Gasteiger partial charge in [-0.1, -0.05) is 0 Å². The fourth-order valence-electron chi connectivity index (χ4n) is 1.70. The highest BCUT2D eigenvalue weighted by Gasteiger charge is 2.31. The van der Waals surface area contributed by atoms with Crippen LogP contribution in [0.2, 0.25) is 0 Å². The third-order valence-electron chi connectivity index (χ3n) is 2.62. The number of imidazole rings is 1. The summed E-state index contributed by atoms with van der Waals surface area (Å²) in [6, 6.07) is 4.76. The van der Waals surface area contributed by atoms with Gasteiger partial charge in [-0.15, -0.1) is 13.2 Å². The van der Waals surface area contributed by atoms with Crippen LogP contribution in [0.1, 0.15) is 16.2 Å². The SMILES string of the molecule is CN(Cc1ncc[nH]1)C(=O)c1ccc(OC(F)(F)F)cc1. The van der Waals surface area contributed by atoms with Gasteiger partial charge in [-0.3, -0.25) is 4.79 Å². The Labute approximate surface area is 118 Å². The van der Waals surface area contributed by atoms with Crippen LogP contribution in [0.5, 0.6) is 5.75 Å². The predicted molar refractivity (Wildman–Crippen MR) is 67.5 cm³/mol. The van der Waals surface area contributed by atoms with Crippen LogP contribution in [-0.4, -0.2) is 34.2 Å². The summed E-state index contributed by atoms with van der Waals surface area (Å²) in [6.07, 6.45) is -1.55. The molecule has 0 saturated carbocycles. The van der Waals surface area contributed by atoms with Gasteiger partial charge in [-0.05, 0) is 24.3 Å². The monoisotopic (exact) mass is 299 g/mol. The summed E-state index contributed by atoms with van der Waals surface area (Å²) in [5.74, 6) is -0.0828. The number of nitrogens with one attached hydrogen (secondary N) is 1. The van der Waals surface area contributed by atoms with E-state index in [1.54, 1.807) is 19.4 Å². The highest BCUT2D eigenvalue weighted by molar-refractivity contribution is 5.94. The summed E-state index contributed by atoms with van der Waals surface area (Å²) in [5, 5.41) is 0. The molecule has 0 bridgehead atoms. The molecule has 1 aromatic heterocycles. The number of aromatic nitrogens is 2. The van der Waals surface area contributed by atoms with Crippen molar-refractivity contribution in [3.8, 4) is 5.75 Å². The summed E-state index contributed by atoms with van der Waals surface area (Å²) in [5.41, 5.74) is 0.263. The van der Waals surface area contributed by atoms with Crippen LogP contribution in [0.4, 0.5) is 13.2 Å². The molecule has 0 spiro atoms. The molecule has 112 valence electrons. The second-order valence-corrected chi connectivity index (χ2v) is 4.27. The van der Waals surface area contributed by atoms with Gasteiger partial charge in [0.2, 0.25) is 0 Å². The van der Waals surface area contributed by atoms with Crippen LogP contribution < -0.4 is 4.74 Å². The lowest BCUT2D eigenvalue weighted by Crippen LogP contribution is -2.26. The number of nitrogens with zero attached hydrogens (tertiary/aromatic N) is 2. The minimum Gasteiger partial charge on any atom is -0.406 e. The molecule has 2 aromatic rings. The van der Waals surface area contributed by atoms with Gasteiger partial charge in [-0.25, -0.2) is 4.98 Å². The highest BCUT2D eigenvalue weighted by Crippen LogP contribution is 2.23. The summed E-state index contributed by atoms with van der Waals surface area (Å²) in [6.45, 7) is 0.270. The van der Waals surface area contributed by atoms with E-state index < -0.39 is 6.36 Å². The van der Waals surface area contributed by atoms with Gasteiger partial charge in [0, 0.05) is 25.0 Å². The molecule has 0 atom stereocenters. The lowest BCUT2D eigenvalue weighted by molar-refractivity contribution is -0.274. The lowest BCUT2D eigenvalue weighted by Gasteiger charge is -2.16. The topological polar surface area (TPSA) is 58.2 Å². The zero-order valence-corrected chi connectivity index (χ0v) is 11.0. The van der Waals surface area contributed by atoms with Gasteiger partial charge in [0.15, 0.2) is 0 Å². The summed E-state index contributed by atoms with van der Waals surface area (Å²) in [7, 11) is 1.57. The number of benzene rings is 1. The molecule has 21 heavy (non-hydrogen) atoms. The molecule has 2 rings (SSSR count). The average Bonchev–Trinajstić information content (AvgIpc) is 2.90. The first-order valence-electron chi connectivity index (χ1n) is 5.95. The van der Waals surface area contributed by atoms with E-state index in [4.69, 9.17) is 0 Å². The van der Waals surface area contributed by atoms with Gasteiger partial charge < -0.3 is 14.6 Å². The summed E-state index contributed by atoms with van der Waals surface area (Å²) < 4.78 is 39.8. The number of rotatable bonds is 4. The minimum atomic E-state index is -4.75. The largest absolute Gasteiger partial charge is 0.573 e. The Hall–Kier alpha value is -2.51. The first-order chi connectivity index (χ1) is 9.85. The number of alkyl halides is 3. The molecule has 1 N–H and O–H groups in total. The second-order valence-electron chi connectivity index (χ2n) is 4.27. The molecule has 1 amide bonds. The molecule has 8 heteroatoms. The van der Waals surface area contributed by atoms with Gasteiger partial charge in [0.05, 0.1) is 6.54 Å². The first-order valence-corrected chi connectivity index (χ1v) is 5.95. The maximum absolute atomic E-state index is 12.1. The molecule has 5 nitrogen and oxygen atoms in total. The number of carbonyl (C=O) groups excluding carboxylic acids is 1. The third-order valence-corrected chi connectivity index (χ3v) is 2.62. The minimum absolute atomic E-state index is 0.263. The molecule has 0 unspecified atom stereocenters. The van der Waals surface area contributed by atoms with Gasteiger partial charge in [0.1, 0.15) is 11.6 Å². The van der Waals surface area contributed by atoms with Crippen molar-refractivity contribution in [1.29, 1.82) is 0 Å². The number of halogens is 3. The summed E-state index contributed by atoms with van der Waals surface area (Å²) in [4.78, 5) is 20.3. The molecule has 0 radical (unpaired) electrons. The summed E-state index contributed by atoms with van der Waals surface area (Å²) >= 11 is 0. The molecule has 0 saturated heterocycles. The van der Waals surface area contributed by atoms with E-state index in [-0.39, 0.29) is 23.8 Å². The van der Waals surface area contributed by atoms with Crippen LogP contribution >= 0.6 is 0 Å². The Balaban J connectivity index is 2.02. The maximum atomic E-state index is 12.1. The van der Waals surface area contributed by atoms with E-state index in [0.29, 0.717) is 5.82 Å². The molecular weight excluding hydrogens is 287 g/mol. The Morgan fingerprint density at radius 3 is 2.52 bits per heavy atom. The molecular formula is C13H12F3N3O2. The number of hydrogen-bond donors (Lipinski definition) is 1. The molecule has 0 fully saturated rings. The van der Waals surface area contributed by atoms with Crippen LogP contribution in [0.15, 0.2) is 36.7 Å². The molecule has 1 aromatic carbocycles. The number of hydrogen-bond acceptors (Lipinski definition) is 3. The Kier molecular flexibility index (Phi) is 4.15. The molecule has 0 aliphatic heterocycles. The fourth-order valence-corrected chi connectivity index (χ4v) is 1.70. The van der Waals surface area contributed by atoms with Crippen molar-refractivity contribution in [1.82, 2.24) is 14.9 Å². The standard InChI is InChI=1S/C13H12F3N3O2/c1-19(8-11-17-6-7-18-11)12(20)9-2-4-10(5-3-9)21-13(14,15)16/h2-7H,8H2,1H3,(H,17,18). The van der Waals surface area contributed by atoms with E-state index in [2.05, 4.69) is 14.7 Å². The van der Waals surface area contributed by atoms with E-state index in [9.17, 15) is 18.0 Å². The number of amides is 1. The van der Waals surface area contributed by atoms with Crippen molar-refractivity contribution in [3.05, 3.63) is 48.0 Å². The van der Waals surface area contributed by atoms with Crippen LogP contribution in [-0.2, 0) is 6.54 Å². The van der Waals surface area contributed by atoms with E-state index >= 15 is 0 Å². The smallest absolute Gasteiger partial charge is 0.406 e. The highest BCUT2D eigenvalue weighted by atomic mass is 19.4. The van der Waals surface area contributed by atoms with Crippen molar-refractivity contribution in [2.24, 2.45) is 0 Å². The fraction of sp³-hybridized carbons (Fsp3) is 0.231. The molecule has 0 aliphatic carbocycles. The quantitative estimate of drug-likeness (QED) is 0.944. The van der Waals surface area contributed by atoms with Gasteiger partial charge in [-0.2, -0.15) is 0 Å². The lowest BCUT2D eigenvalue weighted by atomic mass is 10.2. The number of H-pyrrole nitrogens is 1. The zero-order chi connectivity index (χ0) is 15.5. The van der Waals surface area contributed by atoms with Crippen LogP contribution in [0, 0.1) is 0 Å². The van der Waals surface area contributed by atoms with Crippen molar-refractivity contribution >= 4 is 5.91 Å². The van der Waals surface area contributed by atoms with Crippen molar-refractivity contribution in [2.45, 2.75) is 12.9 Å². The Bertz CT molecular complexity index is 594. The van der Waals surface area contributed by atoms with Gasteiger partial charge >= 0.3 is 6.36 Å². The van der Waals surface area contributed by atoms with Crippen molar-refractivity contribution in [3.63, 3.8) is 0 Å². The van der Waals surface area contributed by atoms with E-state index in [1.807, 2.05) is 0 Å². The Morgan fingerprint density at radius 2 is 2.00 bits per heavy atom. The normalized spacial score (nSPS) is 11.2. The van der Waals surface area contributed by atoms with Gasteiger partial charge in [0.25, 0.3) is 5.91 Å². The first kappa shape index (κ1) is 14.9. The second kappa shape index (κ2) is 5.86. The average molecular weight is 299 g/mol. The number of aromatic amines is 1. The number of carbonyl (C=O) groups is 1.